The molecule has 148 valence electrons. The summed E-state index contributed by atoms with van der Waals surface area (Å²) < 4.78 is 11.0. The van der Waals surface area contributed by atoms with Gasteiger partial charge in [0.1, 0.15) is 5.75 Å². The van der Waals surface area contributed by atoms with Crippen LogP contribution in [0.2, 0.25) is 0 Å². The number of nitrogens with zero attached hydrogens (tertiary/aromatic N) is 1. The van der Waals surface area contributed by atoms with E-state index in [1.807, 2.05) is 41.3 Å². The Labute approximate surface area is 166 Å². The zero-order valence-corrected chi connectivity index (χ0v) is 16.4. The van der Waals surface area contributed by atoms with Crippen molar-refractivity contribution in [1.82, 2.24) is 4.90 Å². The van der Waals surface area contributed by atoms with Crippen molar-refractivity contribution in [3.8, 4) is 5.75 Å². The minimum atomic E-state index is -0.00905. The fourth-order valence-corrected chi connectivity index (χ4v) is 3.80. The molecule has 1 unspecified atom stereocenters. The van der Waals surface area contributed by atoms with Crippen LogP contribution in [0.25, 0.3) is 0 Å². The van der Waals surface area contributed by atoms with E-state index in [4.69, 9.17) is 9.47 Å². The lowest BCUT2D eigenvalue weighted by Gasteiger charge is -2.25. The lowest BCUT2D eigenvalue weighted by atomic mass is 10.0. The van der Waals surface area contributed by atoms with Crippen LogP contribution in [0.3, 0.4) is 0 Å². The molecule has 1 saturated heterocycles. The monoisotopic (exact) mass is 380 g/mol. The van der Waals surface area contributed by atoms with Crippen LogP contribution in [0.4, 0.5) is 10.5 Å². The molecule has 1 heterocycles. The highest BCUT2D eigenvalue weighted by Gasteiger charge is 2.34. The van der Waals surface area contributed by atoms with Crippen LogP contribution in [-0.4, -0.2) is 43.8 Å². The molecule has 5 nitrogen and oxygen atoms in total. The number of nitrogens with one attached hydrogen (secondary N) is 1. The molecule has 1 aliphatic heterocycles. The van der Waals surface area contributed by atoms with Crippen LogP contribution in [0.5, 0.6) is 5.75 Å². The Balaban J connectivity index is 1.47. The number of hydrogen-bond acceptors (Lipinski definition) is 3. The number of rotatable bonds is 7. The molecule has 2 aromatic carbocycles. The van der Waals surface area contributed by atoms with E-state index in [9.17, 15) is 4.79 Å². The third kappa shape index (κ3) is 4.65. The molecule has 2 fully saturated rings. The molecule has 2 aromatic rings. The number of carbonyl (C=O) groups is 1. The molecule has 0 radical (unpaired) electrons. The third-order valence-electron chi connectivity index (χ3n) is 5.50. The summed E-state index contributed by atoms with van der Waals surface area (Å²) in [5.41, 5.74) is 3.09. The maximum absolute atomic E-state index is 12.9. The number of anilines is 1. The first-order chi connectivity index (χ1) is 13.7. The van der Waals surface area contributed by atoms with Gasteiger partial charge in [-0.1, -0.05) is 30.3 Å². The molecule has 0 bridgehead atoms. The van der Waals surface area contributed by atoms with Crippen molar-refractivity contribution in [3.05, 3.63) is 59.7 Å². The minimum absolute atomic E-state index is 0.00905. The SMILES string of the molecule is COc1ccc(NC(=O)N(CC2CCOC2)C2CC2)cc1Cc1ccccc1. The molecule has 0 spiro atoms. The van der Waals surface area contributed by atoms with Crippen LogP contribution >= 0.6 is 0 Å². The molecule has 28 heavy (non-hydrogen) atoms. The Hall–Kier alpha value is -2.53. The van der Waals surface area contributed by atoms with Crippen molar-refractivity contribution in [2.75, 3.05) is 32.2 Å². The molecule has 2 amide bonds. The maximum atomic E-state index is 12.9. The van der Waals surface area contributed by atoms with Gasteiger partial charge in [-0.3, -0.25) is 0 Å². The highest BCUT2D eigenvalue weighted by molar-refractivity contribution is 5.90. The average Bonchev–Trinajstić information content (AvgIpc) is 3.42. The fraction of sp³-hybridized carbons (Fsp3) is 0.435. The van der Waals surface area contributed by atoms with Crippen LogP contribution < -0.4 is 10.1 Å². The molecule has 1 saturated carbocycles. The van der Waals surface area contributed by atoms with Gasteiger partial charge in [0.05, 0.1) is 13.7 Å². The molecular formula is C23H28N2O3. The van der Waals surface area contributed by atoms with E-state index in [2.05, 4.69) is 17.4 Å². The van der Waals surface area contributed by atoms with Gasteiger partial charge in [-0.05, 0) is 43.0 Å². The summed E-state index contributed by atoms with van der Waals surface area (Å²) in [6.45, 7) is 2.36. The molecule has 1 atom stereocenters. The van der Waals surface area contributed by atoms with Crippen molar-refractivity contribution >= 4 is 11.7 Å². The van der Waals surface area contributed by atoms with Gasteiger partial charge in [-0.2, -0.15) is 0 Å². The Morgan fingerprint density at radius 3 is 2.68 bits per heavy atom. The smallest absolute Gasteiger partial charge is 0.322 e. The average molecular weight is 380 g/mol. The van der Waals surface area contributed by atoms with Gasteiger partial charge >= 0.3 is 6.03 Å². The zero-order valence-electron chi connectivity index (χ0n) is 16.4. The first kappa shape index (κ1) is 18.8. The van der Waals surface area contributed by atoms with Gasteiger partial charge in [0.2, 0.25) is 0 Å². The minimum Gasteiger partial charge on any atom is -0.496 e. The first-order valence-electron chi connectivity index (χ1n) is 10.1. The summed E-state index contributed by atoms with van der Waals surface area (Å²) in [6.07, 6.45) is 4.01. The van der Waals surface area contributed by atoms with E-state index in [0.29, 0.717) is 12.0 Å². The lowest BCUT2D eigenvalue weighted by Crippen LogP contribution is -2.40. The number of methoxy groups -OCH3 is 1. The largest absolute Gasteiger partial charge is 0.496 e. The summed E-state index contributed by atoms with van der Waals surface area (Å²) in [5, 5.41) is 3.11. The number of hydrogen-bond donors (Lipinski definition) is 1. The van der Waals surface area contributed by atoms with E-state index in [1.54, 1.807) is 7.11 Å². The van der Waals surface area contributed by atoms with Gasteiger partial charge in [0.15, 0.2) is 0 Å². The van der Waals surface area contributed by atoms with Crippen molar-refractivity contribution < 1.29 is 14.3 Å². The summed E-state index contributed by atoms with van der Waals surface area (Å²) in [5.74, 6) is 1.29. The second kappa shape index (κ2) is 8.65. The Morgan fingerprint density at radius 2 is 2.00 bits per heavy atom. The van der Waals surface area contributed by atoms with Crippen LogP contribution in [0.1, 0.15) is 30.4 Å². The van der Waals surface area contributed by atoms with E-state index < -0.39 is 0 Å². The van der Waals surface area contributed by atoms with E-state index in [1.165, 1.54) is 5.56 Å². The number of benzene rings is 2. The summed E-state index contributed by atoms with van der Waals surface area (Å²) in [6, 6.07) is 16.5. The molecule has 1 aliphatic carbocycles. The molecule has 5 heteroatoms. The van der Waals surface area contributed by atoms with E-state index >= 15 is 0 Å². The Kier molecular flexibility index (Phi) is 5.81. The quantitative estimate of drug-likeness (QED) is 0.778. The van der Waals surface area contributed by atoms with Gasteiger partial charge in [-0.15, -0.1) is 0 Å². The number of amides is 2. The topological polar surface area (TPSA) is 50.8 Å². The molecular weight excluding hydrogens is 352 g/mol. The highest BCUT2D eigenvalue weighted by Crippen LogP contribution is 2.30. The molecule has 0 aromatic heterocycles. The maximum Gasteiger partial charge on any atom is 0.322 e. The second-order valence-corrected chi connectivity index (χ2v) is 7.73. The van der Waals surface area contributed by atoms with E-state index in [0.717, 1.165) is 62.4 Å². The Morgan fingerprint density at radius 1 is 1.18 bits per heavy atom. The number of urea groups is 1. The predicted octanol–water partition coefficient (Wildman–Crippen LogP) is 4.32. The van der Waals surface area contributed by atoms with Crippen molar-refractivity contribution in [3.63, 3.8) is 0 Å². The molecule has 4 rings (SSSR count). The number of ether oxygens (including phenoxy) is 2. The van der Waals surface area contributed by atoms with Crippen molar-refractivity contribution in [2.45, 2.75) is 31.7 Å². The van der Waals surface area contributed by atoms with Gasteiger partial charge in [0, 0.05) is 42.8 Å². The molecule has 2 aliphatic rings. The van der Waals surface area contributed by atoms with Crippen molar-refractivity contribution in [2.24, 2.45) is 5.92 Å². The Bertz CT molecular complexity index is 799. The summed E-state index contributed by atoms with van der Waals surface area (Å²) in [4.78, 5) is 14.9. The third-order valence-corrected chi connectivity index (χ3v) is 5.50. The second-order valence-electron chi connectivity index (χ2n) is 7.73. The van der Waals surface area contributed by atoms with Crippen molar-refractivity contribution in [1.29, 1.82) is 0 Å². The van der Waals surface area contributed by atoms with Gasteiger partial charge < -0.3 is 19.7 Å². The standard InChI is InChI=1S/C23H28N2O3/c1-27-22-10-7-20(14-19(22)13-17-5-3-2-4-6-17)24-23(26)25(21-8-9-21)15-18-11-12-28-16-18/h2-7,10,14,18,21H,8-9,11-13,15-16H2,1H3,(H,24,26). The van der Waals surface area contributed by atoms with Gasteiger partial charge in [0.25, 0.3) is 0 Å². The van der Waals surface area contributed by atoms with Crippen LogP contribution in [0, 0.1) is 5.92 Å². The molecule has 1 N–H and O–H groups in total. The summed E-state index contributed by atoms with van der Waals surface area (Å²) in [7, 11) is 1.68. The summed E-state index contributed by atoms with van der Waals surface area (Å²) >= 11 is 0. The first-order valence-corrected chi connectivity index (χ1v) is 10.1. The highest BCUT2D eigenvalue weighted by atomic mass is 16.5. The van der Waals surface area contributed by atoms with Crippen LogP contribution in [-0.2, 0) is 11.2 Å². The number of carbonyl (C=O) groups excluding carboxylic acids is 1. The lowest BCUT2D eigenvalue weighted by molar-refractivity contribution is 0.167. The van der Waals surface area contributed by atoms with Crippen LogP contribution in [0.15, 0.2) is 48.5 Å². The zero-order chi connectivity index (χ0) is 19.3. The van der Waals surface area contributed by atoms with E-state index in [-0.39, 0.29) is 6.03 Å². The van der Waals surface area contributed by atoms with Gasteiger partial charge in [-0.25, -0.2) is 4.79 Å². The predicted molar refractivity (Wildman–Crippen MR) is 110 cm³/mol. The normalized spacial score (nSPS) is 18.7. The fourth-order valence-electron chi connectivity index (χ4n) is 3.80.